The van der Waals surface area contributed by atoms with Gasteiger partial charge in [-0.3, -0.25) is 9.59 Å². The van der Waals surface area contributed by atoms with Crippen molar-refractivity contribution in [1.29, 1.82) is 0 Å². The smallest absolute Gasteiger partial charge is 0.323 e. The van der Waals surface area contributed by atoms with Crippen LogP contribution in [0.15, 0.2) is 53.9 Å². The number of nitrogens with one attached hydrogen (secondary N) is 3. The fourth-order valence-corrected chi connectivity index (χ4v) is 4.43. The summed E-state index contributed by atoms with van der Waals surface area (Å²) in [5.74, 6) is -0.760. The highest BCUT2D eigenvalue weighted by Crippen LogP contribution is 2.25. The number of nitrogens with zero attached hydrogens (tertiary/aromatic N) is 1. The van der Waals surface area contributed by atoms with Crippen LogP contribution in [-0.2, 0) is 22.4 Å². The van der Waals surface area contributed by atoms with Crippen LogP contribution in [0.1, 0.15) is 48.1 Å². The second kappa shape index (κ2) is 12.1. The molecule has 3 amide bonds. The molecule has 1 atom stereocenters. The van der Waals surface area contributed by atoms with Gasteiger partial charge in [0.05, 0.1) is 24.6 Å². The number of aryl methyl sites for hydroxylation is 1. The number of amides is 3. The van der Waals surface area contributed by atoms with E-state index in [-0.39, 0.29) is 30.8 Å². The van der Waals surface area contributed by atoms with E-state index >= 15 is 0 Å². The molecule has 0 fully saturated rings. The van der Waals surface area contributed by atoms with Crippen molar-refractivity contribution in [2.24, 2.45) is 5.92 Å². The first-order chi connectivity index (χ1) is 16.7. The lowest BCUT2D eigenvalue weighted by Gasteiger charge is -2.18. The van der Waals surface area contributed by atoms with E-state index in [4.69, 9.17) is 5.11 Å². The van der Waals surface area contributed by atoms with Crippen molar-refractivity contribution in [3.63, 3.8) is 0 Å². The molecule has 0 radical (unpaired) electrons. The SMILES string of the molecule is Cc1ccccc1NC(=O)Nc1ccc(CC(=O)N[C@@H](CC(C)C)c2nc(CC(=O)O)cs2)cc1. The predicted octanol–water partition coefficient (Wildman–Crippen LogP) is 5.17. The Morgan fingerprint density at radius 2 is 1.71 bits per heavy atom. The second-order valence-electron chi connectivity index (χ2n) is 8.76. The van der Waals surface area contributed by atoms with Gasteiger partial charge in [-0.1, -0.05) is 44.2 Å². The maximum atomic E-state index is 12.8. The maximum absolute atomic E-state index is 12.8. The third-order valence-corrected chi connectivity index (χ3v) is 6.22. The van der Waals surface area contributed by atoms with E-state index < -0.39 is 5.97 Å². The van der Waals surface area contributed by atoms with Crippen LogP contribution in [0.2, 0.25) is 0 Å². The van der Waals surface area contributed by atoms with Crippen LogP contribution in [0.5, 0.6) is 0 Å². The fourth-order valence-electron chi connectivity index (χ4n) is 3.55. The number of urea groups is 1. The van der Waals surface area contributed by atoms with Crippen LogP contribution in [0, 0.1) is 12.8 Å². The Balaban J connectivity index is 1.57. The molecule has 0 bridgehead atoms. The number of aromatic nitrogens is 1. The Morgan fingerprint density at radius 1 is 1.00 bits per heavy atom. The minimum atomic E-state index is -0.933. The highest BCUT2D eigenvalue weighted by atomic mass is 32.1. The van der Waals surface area contributed by atoms with Crippen molar-refractivity contribution < 1.29 is 19.5 Å². The zero-order valence-electron chi connectivity index (χ0n) is 20.0. The van der Waals surface area contributed by atoms with Gasteiger partial charge in [-0.2, -0.15) is 0 Å². The van der Waals surface area contributed by atoms with E-state index in [9.17, 15) is 14.4 Å². The first-order valence-corrected chi connectivity index (χ1v) is 12.3. The van der Waals surface area contributed by atoms with E-state index in [1.54, 1.807) is 29.6 Å². The summed E-state index contributed by atoms with van der Waals surface area (Å²) in [5, 5.41) is 20.1. The molecule has 0 unspecified atom stereocenters. The Kier molecular flexibility index (Phi) is 8.97. The highest BCUT2D eigenvalue weighted by Gasteiger charge is 2.20. The quantitative estimate of drug-likeness (QED) is 0.310. The molecule has 1 aromatic heterocycles. The van der Waals surface area contributed by atoms with Gasteiger partial charge < -0.3 is 21.1 Å². The van der Waals surface area contributed by atoms with Gasteiger partial charge in [-0.15, -0.1) is 11.3 Å². The van der Waals surface area contributed by atoms with E-state index in [2.05, 4.69) is 34.8 Å². The van der Waals surface area contributed by atoms with Gasteiger partial charge in [0.1, 0.15) is 5.01 Å². The Bertz CT molecular complexity index is 1170. The summed E-state index contributed by atoms with van der Waals surface area (Å²) in [5.41, 5.74) is 3.63. The van der Waals surface area contributed by atoms with Gasteiger partial charge in [0.25, 0.3) is 0 Å². The summed E-state index contributed by atoms with van der Waals surface area (Å²) in [6.07, 6.45) is 0.741. The second-order valence-corrected chi connectivity index (χ2v) is 9.65. The molecule has 1 heterocycles. The van der Waals surface area contributed by atoms with E-state index in [1.165, 1.54) is 11.3 Å². The van der Waals surface area contributed by atoms with Gasteiger partial charge in [0.2, 0.25) is 5.91 Å². The molecule has 184 valence electrons. The number of carbonyl (C=O) groups excluding carboxylic acids is 2. The van der Waals surface area contributed by atoms with Gasteiger partial charge >= 0.3 is 12.0 Å². The van der Waals surface area contributed by atoms with Crippen molar-refractivity contribution in [3.05, 3.63) is 75.7 Å². The van der Waals surface area contributed by atoms with E-state index in [0.29, 0.717) is 28.7 Å². The average molecular weight is 495 g/mol. The third-order valence-electron chi connectivity index (χ3n) is 5.21. The molecule has 0 saturated heterocycles. The molecule has 0 saturated carbocycles. The average Bonchev–Trinajstić information content (AvgIpc) is 3.24. The van der Waals surface area contributed by atoms with Gasteiger partial charge in [0, 0.05) is 16.8 Å². The minimum Gasteiger partial charge on any atom is -0.481 e. The first kappa shape index (κ1) is 25.9. The number of carbonyl (C=O) groups is 3. The highest BCUT2D eigenvalue weighted by molar-refractivity contribution is 7.09. The fraction of sp³-hybridized carbons (Fsp3) is 0.308. The standard InChI is InChI=1S/C26H30N4O4S/c1-16(2)12-22(25-27-20(15-35-25)14-24(32)33)29-23(31)13-18-8-10-19(11-9-18)28-26(34)30-21-7-5-4-6-17(21)3/h4-11,15-16,22H,12-14H2,1-3H3,(H,29,31)(H,32,33)(H2,28,30,34)/t22-/m0/s1. The Labute approximate surface area is 208 Å². The number of benzene rings is 2. The normalized spacial score (nSPS) is 11.7. The summed E-state index contributed by atoms with van der Waals surface area (Å²) >= 11 is 1.36. The topological polar surface area (TPSA) is 120 Å². The predicted molar refractivity (Wildman–Crippen MR) is 138 cm³/mol. The molecule has 0 aliphatic carbocycles. The molecule has 0 aliphatic rings. The zero-order chi connectivity index (χ0) is 25.4. The van der Waals surface area contributed by atoms with Crippen LogP contribution in [0.25, 0.3) is 0 Å². The molecule has 35 heavy (non-hydrogen) atoms. The van der Waals surface area contributed by atoms with E-state index in [0.717, 1.165) is 16.8 Å². The van der Waals surface area contributed by atoms with Crippen molar-refractivity contribution in [2.75, 3.05) is 10.6 Å². The molecule has 0 aliphatic heterocycles. The lowest BCUT2D eigenvalue weighted by molar-refractivity contribution is -0.136. The number of hydrogen-bond acceptors (Lipinski definition) is 5. The van der Waals surface area contributed by atoms with Crippen LogP contribution >= 0.6 is 11.3 Å². The number of rotatable bonds is 10. The first-order valence-electron chi connectivity index (χ1n) is 11.4. The number of carboxylic acid groups (broad SMARTS) is 1. The van der Waals surface area contributed by atoms with Crippen LogP contribution in [0.3, 0.4) is 0 Å². The monoisotopic (exact) mass is 494 g/mol. The van der Waals surface area contributed by atoms with Crippen LogP contribution in [0.4, 0.5) is 16.2 Å². The number of carboxylic acids is 1. The Hall–Kier alpha value is -3.72. The molecule has 3 aromatic rings. The molecule has 0 spiro atoms. The van der Waals surface area contributed by atoms with Gasteiger partial charge in [-0.25, -0.2) is 9.78 Å². The lowest BCUT2D eigenvalue weighted by atomic mass is 10.0. The summed E-state index contributed by atoms with van der Waals surface area (Å²) in [4.78, 5) is 40.4. The van der Waals surface area contributed by atoms with Crippen molar-refractivity contribution in [1.82, 2.24) is 10.3 Å². The van der Waals surface area contributed by atoms with Crippen molar-refractivity contribution in [2.45, 2.75) is 46.1 Å². The number of thiazole rings is 1. The number of para-hydroxylation sites is 1. The third kappa shape index (κ3) is 8.22. The minimum absolute atomic E-state index is 0.137. The summed E-state index contributed by atoms with van der Waals surface area (Å²) in [6, 6.07) is 14.0. The summed E-state index contributed by atoms with van der Waals surface area (Å²) in [7, 11) is 0. The summed E-state index contributed by atoms with van der Waals surface area (Å²) < 4.78 is 0. The van der Waals surface area contributed by atoms with Gasteiger partial charge in [-0.05, 0) is 48.6 Å². The zero-order valence-corrected chi connectivity index (χ0v) is 20.8. The lowest BCUT2D eigenvalue weighted by Crippen LogP contribution is -2.30. The summed E-state index contributed by atoms with van der Waals surface area (Å²) in [6.45, 7) is 6.04. The molecule has 9 heteroatoms. The molecule has 8 nitrogen and oxygen atoms in total. The largest absolute Gasteiger partial charge is 0.481 e. The molecule has 2 aromatic carbocycles. The van der Waals surface area contributed by atoms with Crippen LogP contribution in [-0.4, -0.2) is 28.0 Å². The molecule has 4 N–H and O–H groups in total. The van der Waals surface area contributed by atoms with Gasteiger partial charge in [0.15, 0.2) is 0 Å². The van der Waals surface area contributed by atoms with Crippen LogP contribution < -0.4 is 16.0 Å². The molecular weight excluding hydrogens is 464 g/mol. The Morgan fingerprint density at radius 3 is 2.37 bits per heavy atom. The number of anilines is 2. The molecular formula is C26H30N4O4S. The maximum Gasteiger partial charge on any atom is 0.323 e. The van der Waals surface area contributed by atoms with Crippen molar-refractivity contribution >= 4 is 40.6 Å². The number of aliphatic carboxylic acids is 1. The number of hydrogen-bond donors (Lipinski definition) is 4. The molecule has 3 rings (SSSR count). The van der Waals surface area contributed by atoms with Crippen molar-refractivity contribution in [3.8, 4) is 0 Å². The van der Waals surface area contributed by atoms with E-state index in [1.807, 2.05) is 31.2 Å².